The second-order valence-electron chi connectivity index (χ2n) is 5.31. The zero-order valence-corrected chi connectivity index (χ0v) is 14.5. The zero-order valence-electron chi connectivity index (χ0n) is 13.6. The van der Waals surface area contributed by atoms with E-state index in [9.17, 15) is 9.59 Å². The maximum atomic E-state index is 12.4. The van der Waals surface area contributed by atoms with Crippen molar-refractivity contribution >= 4 is 23.8 Å². The first kappa shape index (κ1) is 17.4. The molecule has 6 heteroatoms. The highest BCUT2D eigenvalue weighted by molar-refractivity contribution is 7.99. The molecule has 1 atom stereocenters. The third kappa shape index (κ3) is 4.51. The predicted octanol–water partition coefficient (Wildman–Crippen LogP) is 2.92. The SMILES string of the molecule is CCSCCOC(=O)C1=C(C)NC(=O)N[C@@H]1c1ccc(C)cc1. The van der Waals surface area contributed by atoms with Crippen LogP contribution >= 0.6 is 11.8 Å². The highest BCUT2D eigenvalue weighted by atomic mass is 32.2. The van der Waals surface area contributed by atoms with E-state index in [1.807, 2.05) is 31.2 Å². The summed E-state index contributed by atoms with van der Waals surface area (Å²) < 4.78 is 5.36. The molecule has 5 nitrogen and oxygen atoms in total. The molecule has 1 aromatic rings. The Morgan fingerprint density at radius 3 is 2.61 bits per heavy atom. The van der Waals surface area contributed by atoms with Crippen LogP contribution in [0.3, 0.4) is 0 Å². The Balaban J connectivity index is 2.20. The monoisotopic (exact) mass is 334 g/mol. The van der Waals surface area contributed by atoms with Crippen molar-refractivity contribution in [1.29, 1.82) is 0 Å². The van der Waals surface area contributed by atoms with Gasteiger partial charge in [0.1, 0.15) is 6.61 Å². The number of benzene rings is 1. The Morgan fingerprint density at radius 2 is 1.96 bits per heavy atom. The normalized spacial score (nSPS) is 17.5. The van der Waals surface area contributed by atoms with Crippen molar-refractivity contribution in [3.63, 3.8) is 0 Å². The van der Waals surface area contributed by atoms with Crippen molar-refractivity contribution in [2.24, 2.45) is 0 Å². The number of rotatable bonds is 6. The van der Waals surface area contributed by atoms with Crippen molar-refractivity contribution in [3.8, 4) is 0 Å². The minimum absolute atomic E-state index is 0.314. The molecule has 0 aliphatic carbocycles. The summed E-state index contributed by atoms with van der Waals surface area (Å²) >= 11 is 1.72. The standard InChI is InChI=1S/C17H22N2O3S/c1-4-23-10-9-22-16(20)14-12(3)18-17(21)19-15(14)13-7-5-11(2)6-8-13/h5-8,15H,4,9-10H2,1-3H3,(H2,18,19,21)/t15-/m1/s1. The Hall–Kier alpha value is -1.95. The number of amides is 2. The second kappa shape index (κ2) is 8.06. The van der Waals surface area contributed by atoms with Gasteiger partial charge >= 0.3 is 12.0 Å². The average Bonchev–Trinajstić information content (AvgIpc) is 2.51. The number of thioether (sulfide) groups is 1. The molecule has 1 aliphatic heterocycles. The van der Waals surface area contributed by atoms with Crippen LogP contribution in [0, 0.1) is 6.92 Å². The molecule has 0 fully saturated rings. The van der Waals surface area contributed by atoms with Crippen LogP contribution in [0.2, 0.25) is 0 Å². The number of allylic oxidation sites excluding steroid dienone is 1. The van der Waals surface area contributed by atoms with Gasteiger partial charge in [-0.2, -0.15) is 11.8 Å². The number of aryl methyl sites for hydroxylation is 1. The molecule has 2 amide bonds. The van der Waals surface area contributed by atoms with Crippen molar-refractivity contribution < 1.29 is 14.3 Å². The van der Waals surface area contributed by atoms with E-state index in [1.54, 1.807) is 18.7 Å². The number of esters is 1. The summed E-state index contributed by atoms with van der Waals surface area (Å²) in [6.07, 6.45) is 0. The lowest BCUT2D eigenvalue weighted by molar-refractivity contribution is -0.138. The van der Waals surface area contributed by atoms with Crippen LogP contribution in [0.15, 0.2) is 35.5 Å². The lowest BCUT2D eigenvalue weighted by Crippen LogP contribution is -2.45. The summed E-state index contributed by atoms with van der Waals surface area (Å²) in [5.41, 5.74) is 2.97. The molecule has 0 radical (unpaired) electrons. The maximum absolute atomic E-state index is 12.4. The van der Waals surface area contributed by atoms with Crippen LogP contribution < -0.4 is 10.6 Å². The Labute approximate surface area is 140 Å². The van der Waals surface area contributed by atoms with Gasteiger partial charge in [0.2, 0.25) is 0 Å². The number of nitrogens with one attached hydrogen (secondary N) is 2. The van der Waals surface area contributed by atoms with E-state index in [0.29, 0.717) is 17.9 Å². The zero-order chi connectivity index (χ0) is 16.8. The summed E-state index contributed by atoms with van der Waals surface area (Å²) in [5.74, 6) is 1.36. The van der Waals surface area contributed by atoms with E-state index < -0.39 is 12.0 Å². The molecule has 124 valence electrons. The summed E-state index contributed by atoms with van der Waals surface area (Å²) in [4.78, 5) is 24.2. The third-order valence-corrected chi connectivity index (χ3v) is 4.43. The Bertz CT molecular complexity index is 611. The van der Waals surface area contributed by atoms with Crippen LogP contribution in [-0.2, 0) is 9.53 Å². The van der Waals surface area contributed by atoms with Crippen LogP contribution in [0.4, 0.5) is 4.79 Å². The van der Waals surface area contributed by atoms with Gasteiger partial charge in [-0.05, 0) is 25.2 Å². The largest absolute Gasteiger partial charge is 0.461 e. The predicted molar refractivity (Wildman–Crippen MR) is 92.2 cm³/mol. The minimum Gasteiger partial charge on any atom is -0.461 e. The fraction of sp³-hybridized carbons (Fsp3) is 0.412. The fourth-order valence-corrected chi connectivity index (χ4v) is 2.88. The van der Waals surface area contributed by atoms with Crippen molar-refractivity contribution in [2.45, 2.75) is 26.8 Å². The average molecular weight is 334 g/mol. The van der Waals surface area contributed by atoms with E-state index in [1.165, 1.54) is 0 Å². The minimum atomic E-state index is -0.490. The quantitative estimate of drug-likeness (QED) is 0.620. The van der Waals surface area contributed by atoms with Gasteiger partial charge in [-0.1, -0.05) is 36.8 Å². The van der Waals surface area contributed by atoms with E-state index in [-0.39, 0.29) is 6.03 Å². The highest BCUT2D eigenvalue weighted by Crippen LogP contribution is 2.27. The first-order valence-electron chi connectivity index (χ1n) is 7.62. The number of ether oxygens (including phenoxy) is 1. The summed E-state index contributed by atoms with van der Waals surface area (Å²) in [6.45, 7) is 6.14. The van der Waals surface area contributed by atoms with Gasteiger partial charge in [0, 0.05) is 11.4 Å². The van der Waals surface area contributed by atoms with Gasteiger partial charge in [-0.15, -0.1) is 0 Å². The van der Waals surface area contributed by atoms with Crippen LogP contribution in [0.5, 0.6) is 0 Å². The van der Waals surface area contributed by atoms with Crippen molar-refractivity contribution in [1.82, 2.24) is 10.6 Å². The smallest absolute Gasteiger partial charge is 0.338 e. The molecule has 0 unspecified atom stereocenters. The number of carbonyl (C=O) groups is 2. The van der Waals surface area contributed by atoms with Gasteiger partial charge in [0.25, 0.3) is 0 Å². The topological polar surface area (TPSA) is 67.4 Å². The fourth-order valence-electron chi connectivity index (χ4n) is 2.39. The second-order valence-corrected chi connectivity index (χ2v) is 6.71. The van der Waals surface area contributed by atoms with Crippen LogP contribution in [-0.4, -0.2) is 30.1 Å². The van der Waals surface area contributed by atoms with Crippen LogP contribution in [0.1, 0.15) is 31.0 Å². The maximum Gasteiger partial charge on any atom is 0.338 e. The number of carbonyl (C=O) groups excluding carboxylic acids is 2. The van der Waals surface area contributed by atoms with Gasteiger partial charge in [-0.25, -0.2) is 9.59 Å². The molecule has 2 rings (SSSR count). The molecule has 0 bridgehead atoms. The van der Waals surface area contributed by atoms with E-state index in [0.717, 1.165) is 22.6 Å². The lowest BCUT2D eigenvalue weighted by atomic mass is 9.95. The summed E-state index contributed by atoms with van der Waals surface area (Å²) in [6, 6.07) is 6.94. The molecule has 1 heterocycles. The molecule has 0 saturated heterocycles. The molecule has 1 aromatic carbocycles. The van der Waals surface area contributed by atoms with Gasteiger partial charge < -0.3 is 15.4 Å². The first-order chi connectivity index (χ1) is 11.0. The summed E-state index contributed by atoms with van der Waals surface area (Å²) in [7, 11) is 0. The lowest BCUT2D eigenvalue weighted by Gasteiger charge is -2.28. The van der Waals surface area contributed by atoms with E-state index in [2.05, 4.69) is 17.6 Å². The van der Waals surface area contributed by atoms with Gasteiger partial charge in [0.15, 0.2) is 0 Å². The first-order valence-corrected chi connectivity index (χ1v) is 8.78. The molecular weight excluding hydrogens is 312 g/mol. The molecular formula is C17H22N2O3S. The highest BCUT2D eigenvalue weighted by Gasteiger charge is 2.32. The Kier molecular flexibility index (Phi) is 6.10. The van der Waals surface area contributed by atoms with Crippen molar-refractivity contribution in [2.75, 3.05) is 18.1 Å². The van der Waals surface area contributed by atoms with E-state index in [4.69, 9.17) is 4.74 Å². The van der Waals surface area contributed by atoms with Crippen LogP contribution in [0.25, 0.3) is 0 Å². The molecule has 0 saturated carbocycles. The van der Waals surface area contributed by atoms with Gasteiger partial charge in [-0.3, -0.25) is 0 Å². The third-order valence-electron chi connectivity index (χ3n) is 3.56. The van der Waals surface area contributed by atoms with Crippen molar-refractivity contribution in [3.05, 3.63) is 46.7 Å². The number of hydrogen-bond donors (Lipinski definition) is 2. The number of urea groups is 1. The molecule has 0 aromatic heterocycles. The summed E-state index contributed by atoms with van der Waals surface area (Å²) in [5, 5.41) is 5.45. The van der Waals surface area contributed by atoms with Gasteiger partial charge in [0.05, 0.1) is 11.6 Å². The van der Waals surface area contributed by atoms with E-state index >= 15 is 0 Å². The molecule has 0 spiro atoms. The number of hydrogen-bond acceptors (Lipinski definition) is 4. The molecule has 23 heavy (non-hydrogen) atoms. The Morgan fingerprint density at radius 1 is 1.26 bits per heavy atom. The molecule has 2 N–H and O–H groups in total. The molecule has 1 aliphatic rings.